The Hall–Kier alpha value is -3.19. The maximum Gasteiger partial charge on any atom is 0.295 e. The SMILES string of the molecule is COc1ccccc1/C(O)=C1/C(=O)C(=O)N(CCN(C)C)C1c1cccnc1. The number of rotatable bonds is 6. The third kappa shape index (κ3) is 3.61. The molecular weight excluding hydrogens is 358 g/mol. The van der Waals surface area contributed by atoms with Gasteiger partial charge in [0, 0.05) is 25.5 Å². The van der Waals surface area contributed by atoms with Gasteiger partial charge in [-0.1, -0.05) is 18.2 Å². The quantitative estimate of drug-likeness (QED) is 0.469. The van der Waals surface area contributed by atoms with E-state index >= 15 is 0 Å². The van der Waals surface area contributed by atoms with Crippen LogP contribution in [0.1, 0.15) is 17.2 Å². The molecular formula is C21H23N3O4. The lowest BCUT2D eigenvalue weighted by molar-refractivity contribution is -0.140. The summed E-state index contributed by atoms with van der Waals surface area (Å²) >= 11 is 0. The van der Waals surface area contributed by atoms with Crippen LogP contribution in [0.15, 0.2) is 54.4 Å². The van der Waals surface area contributed by atoms with Gasteiger partial charge in [-0.3, -0.25) is 14.6 Å². The Morgan fingerprint density at radius 1 is 1.21 bits per heavy atom. The van der Waals surface area contributed by atoms with Crippen LogP contribution < -0.4 is 4.74 Å². The number of aliphatic hydroxyl groups is 1. The van der Waals surface area contributed by atoms with Crippen LogP contribution >= 0.6 is 0 Å². The Kier molecular flexibility index (Phi) is 5.75. The highest BCUT2D eigenvalue weighted by atomic mass is 16.5. The van der Waals surface area contributed by atoms with Crippen LogP contribution in [0.3, 0.4) is 0 Å². The second kappa shape index (κ2) is 8.22. The van der Waals surface area contributed by atoms with E-state index in [0.29, 0.717) is 30.0 Å². The van der Waals surface area contributed by atoms with Gasteiger partial charge in [-0.05, 0) is 37.9 Å². The first-order valence-corrected chi connectivity index (χ1v) is 8.92. The van der Waals surface area contributed by atoms with Gasteiger partial charge in [0.1, 0.15) is 11.5 Å². The van der Waals surface area contributed by atoms with Crippen LogP contribution in [0.25, 0.3) is 5.76 Å². The highest BCUT2D eigenvalue weighted by Gasteiger charge is 2.46. The fourth-order valence-electron chi connectivity index (χ4n) is 3.29. The highest BCUT2D eigenvalue weighted by molar-refractivity contribution is 6.46. The number of pyridine rings is 1. The molecule has 146 valence electrons. The molecule has 1 aromatic carbocycles. The van der Waals surface area contributed by atoms with E-state index in [2.05, 4.69) is 4.98 Å². The summed E-state index contributed by atoms with van der Waals surface area (Å²) in [7, 11) is 5.27. The Balaban J connectivity index is 2.16. The summed E-state index contributed by atoms with van der Waals surface area (Å²) in [5, 5.41) is 11.0. The second-order valence-corrected chi connectivity index (χ2v) is 6.78. The number of hydrogen-bond donors (Lipinski definition) is 1. The monoisotopic (exact) mass is 381 g/mol. The van der Waals surface area contributed by atoms with Crippen LogP contribution in [0, 0.1) is 0 Å². The standard InChI is InChI=1S/C21H23N3O4/c1-23(2)11-12-24-18(14-7-6-10-22-13-14)17(20(26)21(24)27)19(25)15-8-4-5-9-16(15)28-3/h4-10,13,18,25H,11-12H2,1-3H3/b19-17-. The fourth-order valence-corrected chi connectivity index (χ4v) is 3.29. The lowest BCUT2D eigenvalue weighted by atomic mass is 9.96. The fraction of sp³-hybridized carbons (Fsp3) is 0.286. The minimum atomic E-state index is -0.712. The van der Waals surface area contributed by atoms with Crippen molar-refractivity contribution in [3.05, 3.63) is 65.5 Å². The molecule has 1 aliphatic heterocycles. The number of hydrogen-bond acceptors (Lipinski definition) is 6. The number of aromatic nitrogens is 1. The minimum Gasteiger partial charge on any atom is -0.507 e. The van der Waals surface area contributed by atoms with Crippen molar-refractivity contribution in [2.75, 3.05) is 34.3 Å². The zero-order chi connectivity index (χ0) is 20.3. The summed E-state index contributed by atoms with van der Waals surface area (Å²) in [6.45, 7) is 0.929. The van der Waals surface area contributed by atoms with Crippen LogP contribution in [0.5, 0.6) is 5.75 Å². The minimum absolute atomic E-state index is 0.0428. The number of para-hydroxylation sites is 1. The largest absolute Gasteiger partial charge is 0.507 e. The van der Waals surface area contributed by atoms with Crippen LogP contribution in [0.4, 0.5) is 0 Å². The van der Waals surface area contributed by atoms with Crippen molar-refractivity contribution in [3.63, 3.8) is 0 Å². The molecule has 1 unspecified atom stereocenters. The first kappa shape index (κ1) is 19.6. The molecule has 1 aliphatic rings. The molecule has 7 nitrogen and oxygen atoms in total. The number of carbonyl (C=O) groups excluding carboxylic acids is 2. The van der Waals surface area contributed by atoms with Crippen LogP contribution in [0.2, 0.25) is 0 Å². The van der Waals surface area contributed by atoms with E-state index in [-0.39, 0.29) is 11.3 Å². The first-order chi connectivity index (χ1) is 13.5. The Labute approximate surface area is 163 Å². The molecule has 2 heterocycles. The number of methoxy groups -OCH3 is 1. The lowest BCUT2D eigenvalue weighted by Crippen LogP contribution is -2.35. The number of aliphatic hydroxyl groups excluding tert-OH is 1. The molecule has 0 radical (unpaired) electrons. The topological polar surface area (TPSA) is 83.0 Å². The van der Waals surface area contributed by atoms with Crippen molar-refractivity contribution in [1.82, 2.24) is 14.8 Å². The van der Waals surface area contributed by atoms with Gasteiger partial charge in [-0.25, -0.2) is 0 Å². The maximum atomic E-state index is 12.9. The van der Waals surface area contributed by atoms with Gasteiger partial charge in [0.05, 0.1) is 24.3 Å². The number of likely N-dealkylation sites (N-methyl/N-ethyl adjacent to an activating group) is 1. The molecule has 2 aromatic rings. The predicted molar refractivity (Wildman–Crippen MR) is 105 cm³/mol. The summed E-state index contributed by atoms with van der Waals surface area (Å²) in [4.78, 5) is 33.2. The van der Waals surface area contributed by atoms with Crippen molar-refractivity contribution in [2.24, 2.45) is 0 Å². The average molecular weight is 381 g/mol. The van der Waals surface area contributed by atoms with E-state index in [9.17, 15) is 14.7 Å². The number of nitrogens with zero attached hydrogens (tertiary/aromatic N) is 3. The average Bonchev–Trinajstić information content (AvgIpc) is 2.97. The van der Waals surface area contributed by atoms with Gasteiger partial charge in [-0.15, -0.1) is 0 Å². The molecule has 1 saturated heterocycles. The van der Waals surface area contributed by atoms with E-state index in [1.54, 1.807) is 48.8 Å². The van der Waals surface area contributed by atoms with Crippen LogP contribution in [-0.4, -0.2) is 65.9 Å². The number of carbonyl (C=O) groups is 2. The van der Waals surface area contributed by atoms with Crippen molar-refractivity contribution in [3.8, 4) is 5.75 Å². The summed E-state index contributed by atoms with van der Waals surface area (Å²) in [6.07, 6.45) is 3.23. The molecule has 1 fully saturated rings. The molecule has 0 spiro atoms. The number of Topliss-reactive ketones (excluding diaryl/α,β-unsaturated/α-hetero) is 1. The molecule has 3 rings (SSSR count). The molecule has 28 heavy (non-hydrogen) atoms. The van der Waals surface area contributed by atoms with E-state index in [1.807, 2.05) is 19.0 Å². The van der Waals surface area contributed by atoms with E-state index in [0.717, 1.165) is 0 Å². The lowest BCUT2D eigenvalue weighted by Gasteiger charge is -2.26. The maximum absolute atomic E-state index is 12.9. The molecule has 0 aliphatic carbocycles. The molecule has 0 bridgehead atoms. The normalized spacial score (nSPS) is 18.7. The summed E-state index contributed by atoms with van der Waals surface area (Å²) in [5.41, 5.74) is 1.07. The van der Waals surface area contributed by atoms with Crippen molar-refractivity contribution in [2.45, 2.75) is 6.04 Å². The molecule has 7 heteroatoms. The molecule has 0 saturated carbocycles. The van der Waals surface area contributed by atoms with Gasteiger partial charge in [0.2, 0.25) is 0 Å². The Morgan fingerprint density at radius 3 is 2.61 bits per heavy atom. The van der Waals surface area contributed by atoms with Gasteiger partial charge >= 0.3 is 0 Å². The van der Waals surface area contributed by atoms with E-state index in [1.165, 1.54) is 12.0 Å². The number of amides is 1. The second-order valence-electron chi connectivity index (χ2n) is 6.78. The third-order valence-corrected chi connectivity index (χ3v) is 4.69. The Bertz CT molecular complexity index is 909. The predicted octanol–water partition coefficient (Wildman–Crippen LogP) is 2.07. The molecule has 1 aromatic heterocycles. The summed E-state index contributed by atoms with van der Waals surface area (Å²) < 4.78 is 5.31. The van der Waals surface area contributed by atoms with Gasteiger partial charge < -0.3 is 19.6 Å². The van der Waals surface area contributed by atoms with Crippen molar-refractivity contribution in [1.29, 1.82) is 0 Å². The number of ketones is 1. The molecule has 1 atom stereocenters. The molecule has 1 N–H and O–H groups in total. The zero-order valence-corrected chi connectivity index (χ0v) is 16.1. The summed E-state index contributed by atoms with van der Waals surface area (Å²) in [6, 6.07) is 9.67. The van der Waals surface area contributed by atoms with Gasteiger partial charge in [-0.2, -0.15) is 0 Å². The highest BCUT2D eigenvalue weighted by Crippen LogP contribution is 2.40. The van der Waals surface area contributed by atoms with E-state index < -0.39 is 17.7 Å². The number of benzene rings is 1. The van der Waals surface area contributed by atoms with Crippen LogP contribution in [-0.2, 0) is 9.59 Å². The summed E-state index contributed by atoms with van der Waals surface area (Å²) in [5.74, 6) is -1.18. The van der Waals surface area contributed by atoms with Crippen molar-refractivity contribution < 1.29 is 19.4 Å². The molecule has 1 amide bonds. The zero-order valence-electron chi connectivity index (χ0n) is 16.1. The Morgan fingerprint density at radius 2 is 1.96 bits per heavy atom. The van der Waals surface area contributed by atoms with E-state index in [4.69, 9.17) is 4.74 Å². The first-order valence-electron chi connectivity index (χ1n) is 8.92. The smallest absolute Gasteiger partial charge is 0.295 e. The van der Waals surface area contributed by atoms with Crippen molar-refractivity contribution >= 4 is 17.4 Å². The third-order valence-electron chi connectivity index (χ3n) is 4.69. The van der Waals surface area contributed by atoms with Gasteiger partial charge in [0.15, 0.2) is 0 Å². The van der Waals surface area contributed by atoms with Gasteiger partial charge in [0.25, 0.3) is 11.7 Å². The number of likely N-dealkylation sites (tertiary alicyclic amines) is 1. The number of ether oxygens (including phenoxy) is 1.